The summed E-state index contributed by atoms with van der Waals surface area (Å²) in [5.74, 6) is 0.790. The van der Waals surface area contributed by atoms with E-state index >= 15 is 0 Å². The summed E-state index contributed by atoms with van der Waals surface area (Å²) in [6.07, 6.45) is 0.742. The second-order valence-corrected chi connectivity index (χ2v) is 4.64. The molecule has 2 nitrogen and oxygen atoms in total. The van der Waals surface area contributed by atoms with Crippen molar-refractivity contribution in [2.75, 3.05) is 12.9 Å². The number of hydrogen-bond acceptors (Lipinski definition) is 3. The molecule has 0 fully saturated rings. The van der Waals surface area contributed by atoms with Crippen LogP contribution in [0.25, 0.3) is 0 Å². The molecule has 0 heterocycles. The summed E-state index contributed by atoms with van der Waals surface area (Å²) in [5, 5.41) is -0.0811. The van der Waals surface area contributed by atoms with Gasteiger partial charge >= 0.3 is 5.97 Å². The fourth-order valence-electron chi connectivity index (χ4n) is 1.37. The number of esters is 1. The van der Waals surface area contributed by atoms with Gasteiger partial charge in [0.25, 0.3) is 0 Å². The Labute approximate surface area is 95.0 Å². The fraction of sp³-hybridized carbons (Fsp3) is 0.417. The highest BCUT2D eigenvalue weighted by Gasteiger charge is 2.18. The van der Waals surface area contributed by atoms with Gasteiger partial charge in [-0.1, -0.05) is 37.3 Å². The third-order valence-corrected chi connectivity index (χ3v) is 3.19. The van der Waals surface area contributed by atoms with Crippen molar-refractivity contribution in [1.82, 2.24) is 0 Å². The van der Waals surface area contributed by atoms with Crippen LogP contribution >= 0.6 is 11.8 Å². The van der Waals surface area contributed by atoms with Crippen LogP contribution in [0.2, 0.25) is 0 Å². The topological polar surface area (TPSA) is 26.3 Å². The van der Waals surface area contributed by atoms with Gasteiger partial charge in [-0.3, -0.25) is 4.79 Å². The van der Waals surface area contributed by atoms with Crippen molar-refractivity contribution < 1.29 is 9.53 Å². The first-order valence-electron chi connectivity index (χ1n) is 5.01. The maximum atomic E-state index is 11.5. The minimum atomic E-state index is -0.134. The Hall–Kier alpha value is -0.960. The van der Waals surface area contributed by atoms with E-state index in [-0.39, 0.29) is 11.2 Å². The van der Waals surface area contributed by atoms with E-state index in [2.05, 4.69) is 0 Å². The molecule has 1 aromatic rings. The molecule has 15 heavy (non-hydrogen) atoms. The summed E-state index contributed by atoms with van der Waals surface area (Å²) in [6, 6.07) is 10.0. The number of carbonyl (C=O) groups excluding carboxylic acids is 1. The first-order valence-corrected chi connectivity index (χ1v) is 6.06. The van der Waals surface area contributed by atoms with Crippen molar-refractivity contribution in [3.63, 3.8) is 0 Å². The molecule has 0 saturated heterocycles. The Morgan fingerprint density at radius 2 is 2.07 bits per heavy atom. The van der Waals surface area contributed by atoms with Crippen LogP contribution in [0.3, 0.4) is 0 Å². The summed E-state index contributed by atoms with van der Waals surface area (Å²) in [7, 11) is 1.44. The highest BCUT2D eigenvalue weighted by atomic mass is 32.2. The van der Waals surface area contributed by atoms with Crippen LogP contribution in [-0.2, 0) is 16.0 Å². The van der Waals surface area contributed by atoms with Gasteiger partial charge in [0, 0.05) is 0 Å². The van der Waals surface area contributed by atoms with E-state index in [1.54, 1.807) is 11.8 Å². The van der Waals surface area contributed by atoms with Crippen LogP contribution in [0, 0.1) is 0 Å². The van der Waals surface area contributed by atoms with E-state index in [0.29, 0.717) is 0 Å². The average Bonchev–Trinajstić information content (AvgIpc) is 2.29. The van der Waals surface area contributed by atoms with Crippen LogP contribution in [0.5, 0.6) is 0 Å². The smallest absolute Gasteiger partial charge is 0.319 e. The molecular formula is C12H16O2S. The molecule has 1 rings (SSSR count). The second kappa shape index (κ2) is 6.51. The van der Waals surface area contributed by atoms with Gasteiger partial charge in [-0.2, -0.15) is 0 Å². The molecule has 0 saturated carbocycles. The molecule has 3 heteroatoms. The Balaban J connectivity index is 2.62. The van der Waals surface area contributed by atoms with Gasteiger partial charge < -0.3 is 4.74 Å². The van der Waals surface area contributed by atoms with E-state index in [4.69, 9.17) is 4.74 Å². The summed E-state index contributed by atoms with van der Waals surface area (Å²) in [6.45, 7) is 2.05. The molecule has 1 unspecified atom stereocenters. The molecule has 0 aliphatic rings. The lowest BCUT2D eigenvalue weighted by Gasteiger charge is -2.12. The molecule has 0 aliphatic heterocycles. The zero-order chi connectivity index (χ0) is 11.1. The lowest BCUT2D eigenvalue weighted by molar-refractivity contribution is -0.139. The lowest BCUT2D eigenvalue weighted by Crippen LogP contribution is -2.21. The number of hydrogen-bond donors (Lipinski definition) is 0. The van der Waals surface area contributed by atoms with Crippen LogP contribution in [0.1, 0.15) is 12.5 Å². The minimum Gasteiger partial charge on any atom is -0.468 e. The SMILES string of the molecule is CCSC(Cc1ccccc1)C(=O)OC. The lowest BCUT2D eigenvalue weighted by atomic mass is 10.1. The molecule has 0 bridgehead atoms. The van der Waals surface area contributed by atoms with Gasteiger partial charge in [0.2, 0.25) is 0 Å². The third kappa shape index (κ3) is 3.96. The van der Waals surface area contributed by atoms with Crippen molar-refractivity contribution in [1.29, 1.82) is 0 Å². The van der Waals surface area contributed by atoms with Crippen molar-refractivity contribution in [3.8, 4) is 0 Å². The average molecular weight is 224 g/mol. The molecule has 0 aromatic heterocycles. The third-order valence-electron chi connectivity index (χ3n) is 2.10. The van der Waals surface area contributed by atoms with Gasteiger partial charge in [-0.15, -0.1) is 11.8 Å². The van der Waals surface area contributed by atoms with Crippen molar-refractivity contribution >= 4 is 17.7 Å². The maximum absolute atomic E-state index is 11.5. The van der Waals surface area contributed by atoms with E-state index in [1.807, 2.05) is 37.3 Å². The first kappa shape index (κ1) is 12.1. The van der Waals surface area contributed by atoms with Crippen LogP contribution < -0.4 is 0 Å². The Morgan fingerprint density at radius 3 is 2.60 bits per heavy atom. The minimum absolute atomic E-state index is 0.0811. The van der Waals surface area contributed by atoms with E-state index in [9.17, 15) is 4.79 Å². The Morgan fingerprint density at radius 1 is 1.40 bits per heavy atom. The van der Waals surface area contributed by atoms with Crippen LogP contribution in [0.4, 0.5) is 0 Å². The molecule has 82 valence electrons. The van der Waals surface area contributed by atoms with Gasteiger partial charge in [0.05, 0.1) is 7.11 Å². The van der Waals surface area contributed by atoms with Gasteiger partial charge in [0.15, 0.2) is 0 Å². The maximum Gasteiger partial charge on any atom is 0.319 e. The molecular weight excluding hydrogens is 208 g/mol. The second-order valence-electron chi connectivity index (χ2n) is 3.16. The summed E-state index contributed by atoms with van der Waals surface area (Å²) in [4.78, 5) is 11.5. The number of benzene rings is 1. The summed E-state index contributed by atoms with van der Waals surface area (Å²) in [5.41, 5.74) is 1.17. The normalized spacial score (nSPS) is 12.1. The number of ether oxygens (including phenoxy) is 1. The summed E-state index contributed by atoms with van der Waals surface area (Å²) < 4.78 is 4.78. The van der Waals surface area contributed by atoms with Crippen LogP contribution in [0.15, 0.2) is 30.3 Å². The molecule has 0 N–H and O–H groups in total. The summed E-state index contributed by atoms with van der Waals surface area (Å²) >= 11 is 1.63. The van der Waals surface area contributed by atoms with Gasteiger partial charge in [-0.25, -0.2) is 0 Å². The van der Waals surface area contributed by atoms with Crippen molar-refractivity contribution in [2.45, 2.75) is 18.6 Å². The standard InChI is InChI=1S/C12H16O2S/c1-3-15-11(12(13)14-2)9-10-7-5-4-6-8-10/h4-8,11H,3,9H2,1-2H3. The van der Waals surface area contributed by atoms with E-state index in [0.717, 1.165) is 12.2 Å². The highest BCUT2D eigenvalue weighted by molar-refractivity contribution is 8.00. The monoisotopic (exact) mass is 224 g/mol. The van der Waals surface area contributed by atoms with Crippen molar-refractivity contribution in [3.05, 3.63) is 35.9 Å². The molecule has 0 radical (unpaired) electrons. The zero-order valence-corrected chi connectivity index (χ0v) is 9.92. The molecule has 1 atom stereocenters. The molecule has 1 aromatic carbocycles. The van der Waals surface area contributed by atoms with E-state index < -0.39 is 0 Å². The zero-order valence-electron chi connectivity index (χ0n) is 9.10. The number of thioether (sulfide) groups is 1. The number of methoxy groups -OCH3 is 1. The Bertz CT molecular complexity index is 298. The highest BCUT2D eigenvalue weighted by Crippen LogP contribution is 2.17. The first-order chi connectivity index (χ1) is 7.27. The van der Waals surface area contributed by atoms with Gasteiger partial charge in [-0.05, 0) is 17.7 Å². The molecule has 0 aliphatic carbocycles. The predicted molar refractivity (Wildman–Crippen MR) is 64.1 cm³/mol. The largest absolute Gasteiger partial charge is 0.468 e. The molecule has 0 spiro atoms. The van der Waals surface area contributed by atoms with E-state index in [1.165, 1.54) is 12.7 Å². The van der Waals surface area contributed by atoms with Gasteiger partial charge in [0.1, 0.15) is 5.25 Å². The number of carbonyl (C=O) groups is 1. The fourth-order valence-corrected chi connectivity index (χ4v) is 2.32. The predicted octanol–water partition coefficient (Wildman–Crippen LogP) is 2.52. The molecule has 0 amide bonds. The Kier molecular flexibility index (Phi) is 5.26. The van der Waals surface area contributed by atoms with Crippen molar-refractivity contribution in [2.24, 2.45) is 0 Å². The quantitative estimate of drug-likeness (QED) is 0.719. The number of rotatable bonds is 5. The van der Waals surface area contributed by atoms with Crippen LogP contribution in [-0.4, -0.2) is 24.1 Å².